The molecule has 0 bridgehead atoms. The first-order chi connectivity index (χ1) is 33.2. The van der Waals surface area contributed by atoms with Gasteiger partial charge in [0, 0.05) is 51.2 Å². The monoisotopic (exact) mass is 935 g/mol. The van der Waals surface area contributed by atoms with Gasteiger partial charge in [-0.2, -0.15) is 0 Å². The Morgan fingerprint density at radius 1 is 0.362 bits per heavy atom. The van der Waals surface area contributed by atoms with Crippen LogP contribution in [0.5, 0.6) is 0 Å². The van der Waals surface area contributed by atoms with Gasteiger partial charge in [-0.05, 0) is 117 Å². The highest BCUT2D eigenvalue weighted by Gasteiger charge is 2.35. The predicted octanol–water partition coefficient (Wildman–Crippen LogP) is 12.0. The normalized spacial score (nSPS) is 10.6. The molecule has 0 spiro atoms. The summed E-state index contributed by atoms with van der Waals surface area (Å²) in [5.74, 6) is 0. The van der Waals surface area contributed by atoms with E-state index in [1.807, 2.05) is 18.2 Å². The van der Waals surface area contributed by atoms with E-state index >= 15 is 0 Å². The highest BCUT2D eigenvalue weighted by molar-refractivity contribution is 6.02. The Morgan fingerprint density at radius 3 is 0.899 bits per heavy atom. The Kier molecular flexibility index (Phi) is 17.1. The molecular weight excluding hydrogens is 883 g/mol. The highest BCUT2D eigenvalue weighted by atomic mass is 16.6. The number of urea groups is 3. The van der Waals surface area contributed by atoms with Gasteiger partial charge in [-0.1, -0.05) is 79.7 Å². The molecule has 6 rings (SSSR count). The SMILES string of the molecule is CCC(COC(=O)Nc1ccc(C)c(NC(=O)Nc2ccccc2)c1)(COC(=O)Nc1ccc(C)c(NC(=O)Nc2ccccc2)c1)COC(=O)Nc1ccc(C)c(NC(=O)Nc2ccccc2)c1. The molecule has 356 valence electrons. The third-order valence-electron chi connectivity index (χ3n) is 10.6. The molecule has 0 radical (unpaired) electrons. The Labute approximate surface area is 398 Å². The molecule has 9 amide bonds. The van der Waals surface area contributed by atoms with Crippen LogP contribution in [0.25, 0.3) is 0 Å². The highest BCUT2D eigenvalue weighted by Crippen LogP contribution is 2.28. The van der Waals surface area contributed by atoms with Crippen LogP contribution in [0, 0.1) is 26.2 Å². The van der Waals surface area contributed by atoms with Crippen LogP contribution in [0.2, 0.25) is 0 Å². The maximum absolute atomic E-state index is 13.3. The summed E-state index contributed by atoms with van der Waals surface area (Å²) in [6.07, 6.45) is -2.44. The molecule has 6 aromatic carbocycles. The molecule has 0 aliphatic heterocycles. The summed E-state index contributed by atoms with van der Waals surface area (Å²) in [6, 6.07) is 40.0. The summed E-state index contributed by atoms with van der Waals surface area (Å²) in [5.41, 5.74) is 4.92. The lowest BCUT2D eigenvalue weighted by Crippen LogP contribution is -2.40. The number of hydrogen-bond acceptors (Lipinski definition) is 9. The zero-order valence-corrected chi connectivity index (χ0v) is 38.4. The fraction of sp³-hybridized carbons (Fsp3) is 0.176. The Morgan fingerprint density at radius 2 is 0.638 bits per heavy atom. The van der Waals surface area contributed by atoms with Gasteiger partial charge in [-0.15, -0.1) is 0 Å². The fourth-order valence-electron chi connectivity index (χ4n) is 6.47. The number of carbonyl (C=O) groups is 6. The van der Waals surface area contributed by atoms with Crippen molar-refractivity contribution in [2.75, 3.05) is 67.7 Å². The second-order valence-electron chi connectivity index (χ2n) is 15.9. The van der Waals surface area contributed by atoms with E-state index < -0.39 is 41.8 Å². The van der Waals surface area contributed by atoms with Gasteiger partial charge in [0.15, 0.2) is 0 Å². The molecule has 0 saturated carbocycles. The van der Waals surface area contributed by atoms with E-state index in [0.717, 1.165) is 16.7 Å². The second kappa shape index (κ2) is 23.9. The van der Waals surface area contributed by atoms with Crippen LogP contribution < -0.4 is 47.9 Å². The van der Waals surface area contributed by atoms with E-state index in [1.54, 1.807) is 155 Å². The zero-order valence-electron chi connectivity index (χ0n) is 38.4. The minimum absolute atomic E-state index is 0.195. The molecule has 0 unspecified atom stereocenters. The molecule has 9 N–H and O–H groups in total. The van der Waals surface area contributed by atoms with Gasteiger partial charge in [0.2, 0.25) is 0 Å². The lowest BCUT2D eigenvalue weighted by molar-refractivity contribution is -0.0104. The van der Waals surface area contributed by atoms with Crippen LogP contribution in [0.3, 0.4) is 0 Å². The topological polar surface area (TPSA) is 238 Å². The van der Waals surface area contributed by atoms with E-state index in [4.69, 9.17) is 14.2 Å². The molecule has 0 atom stereocenters. The van der Waals surface area contributed by atoms with E-state index in [1.165, 1.54) is 0 Å². The Hall–Kier alpha value is -9.06. The zero-order chi connectivity index (χ0) is 49.2. The molecule has 0 aliphatic rings. The lowest BCUT2D eigenvalue weighted by atomic mass is 9.88. The van der Waals surface area contributed by atoms with Crippen molar-refractivity contribution >= 4 is 87.6 Å². The summed E-state index contributed by atoms with van der Waals surface area (Å²) in [4.78, 5) is 78.2. The smallest absolute Gasteiger partial charge is 0.411 e. The first-order valence-corrected chi connectivity index (χ1v) is 21.8. The fourth-order valence-corrected chi connectivity index (χ4v) is 6.47. The van der Waals surface area contributed by atoms with Crippen LogP contribution >= 0.6 is 0 Å². The van der Waals surface area contributed by atoms with Gasteiger partial charge in [0.25, 0.3) is 0 Å². The van der Waals surface area contributed by atoms with Crippen molar-refractivity contribution in [2.24, 2.45) is 5.41 Å². The van der Waals surface area contributed by atoms with Crippen molar-refractivity contribution in [1.29, 1.82) is 0 Å². The van der Waals surface area contributed by atoms with Crippen LogP contribution in [0.1, 0.15) is 30.0 Å². The van der Waals surface area contributed by atoms with Crippen molar-refractivity contribution in [2.45, 2.75) is 34.1 Å². The number of carbonyl (C=O) groups excluding carboxylic acids is 6. The van der Waals surface area contributed by atoms with Gasteiger partial charge >= 0.3 is 36.4 Å². The number of benzene rings is 6. The standard InChI is InChI=1S/C51H53N9O9/c1-5-51(30-67-48(64)55-39-24-21-33(2)42(27-39)58-45(61)52-36-15-9-6-10-16-36,31-68-49(65)56-40-25-22-34(3)43(28-40)59-46(62)53-37-17-11-7-12-18-37)32-69-50(66)57-41-26-23-35(4)44(29-41)60-47(63)54-38-19-13-8-14-20-38/h6-29H,5,30-32H2,1-4H3,(H,55,64)(H,56,65)(H,57,66)(H2,52,58,61)(H2,53,59,62)(H2,54,60,63). The van der Waals surface area contributed by atoms with Crippen molar-refractivity contribution in [3.8, 4) is 0 Å². The number of anilines is 9. The number of amides is 9. The van der Waals surface area contributed by atoms with Crippen LogP contribution in [0.15, 0.2) is 146 Å². The van der Waals surface area contributed by atoms with Crippen molar-refractivity contribution in [1.82, 2.24) is 0 Å². The lowest BCUT2D eigenvalue weighted by Gasteiger charge is -2.31. The van der Waals surface area contributed by atoms with Crippen molar-refractivity contribution in [3.05, 3.63) is 162 Å². The molecule has 0 fully saturated rings. The van der Waals surface area contributed by atoms with E-state index in [9.17, 15) is 28.8 Å². The van der Waals surface area contributed by atoms with E-state index in [-0.39, 0.29) is 26.2 Å². The first kappa shape index (κ1) is 49.4. The summed E-state index contributed by atoms with van der Waals surface area (Å²) in [5, 5.41) is 24.5. The number of aryl methyl sites for hydroxylation is 3. The van der Waals surface area contributed by atoms with Gasteiger partial charge in [0.05, 0.1) is 5.41 Å². The molecule has 6 aromatic rings. The Bertz CT molecular complexity index is 2460. The van der Waals surface area contributed by atoms with Gasteiger partial charge in [-0.25, -0.2) is 28.8 Å². The molecule has 0 saturated heterocycles. The first-order valence-electron chi connectivity index (χ1n) is 21.8. The number of para-hydroxylation sites is 3. The van der Waals surface area contributed by atoms with Crippen molar-refractivity contribution < 1.29 is 43.0 Å². The summed E-state index contributed by atoms with van der Waals surface area (Å²) < 4.78 is 17.1. The van der Waals surface area contributed by atoms with Gasteiger partial charge in [-0.3, -0.25) is 16.0 Å². The maximum atomic E-state index is 13.3. The predicted molar refractivity (Wildman–Crippen MR) is 268 cm³/mol. The molecule has 0 heterocycles. The van der Waals surface area contributed by atoms with Crippen LogP contribution in [-0.2, 0) is 14.2 Å². The average Bonchev–Trinajstić information content (AvgIpc) is 3.33. The quantitative estimate of drug-likeness (QED) is 0.0419. The minimum atomic E-state index is -1.27. The largest absolute Gasteiger partial charge is 0.448 e. The molecular formula is C51H53N9O9. The third kappa shape index (κ3) is 15.5. The minimum Gasteiger partial charge on any atom is -0.448 e. The Balaban J connectivity index is 1.11. The molecule has 18 nitrogen and oxygen atoms in total. The number of nitrogens with one attached hydrogen (secondary N) is 9. The summed E-state index contributed by atoms with van der Waals surface area (Å²) in [7, 11) is 0. The maximum Gasteiger partial charge on any atom is 0.411 e. The summed E-state index contributed by atoms with van der Waals surface area (Å²) >= 11 is 0. The van der Waals surface area contributed by atoms with E-state index in [0.29, 0.717) is 51.2 Å². The van der Waals surface area contributed by atoms with Crippen LogP contribution in [0.4, 0.5) is 80.0 Å². The summed E-state index contributed by atoms with van der Waals surface area (Å²) in [6.45, 7) is 6.00. The third-order valence-corrected chi connectivity index (χ3v) is 10.6. The average molecular weight is 936 g/mol. The number of rotatable bonds is 16. The van der Waals surface area contributed by atoms with Crippen LogP contribution in [-0.4, -0.2) is 56.2 Å². The molecule has 0 aromatic heterocycles. The molecule has 0 aliphatic carbocycles. The molecule has 18 heteroatoms. The van der Waals surface area contributed by atoms with Gasteiger partial charge < -0.3 is 46.1 Å². The van der Waals surface area contributed by atoms with E-state index in [2.05, 4.69) is 47.9 Å². The van der Waals surface area contributed by atoms with Crippen molar-refractivity contribution in [3.63, 3.8) is 0 Å². The number of ether oxygens (including phenoxy) is 3. The molecule has 69 heavy (non-hydrogen) atoms. The van der Waals surface area contributed by atoms with Gasteiger partial charge in [0.1, 0.15) is 19.8 Å². The number of hydrogen-bond donors (Lipinski definition) is 9. The second-order valence-corrected chi connectivity index (χ2v) is 15.9.